The maximum Gasteiger partial charge on any atom is 0.266 e. The molecule has 0 heterocycles. The second-order valence-corrected chi connectivity index (χ2v) is 6.83. The lowest BCUT2D eigenvalue weighted by Crippen LogP contribution is -2.27. The topological polar surface area (TPSA) is 46.6 Å². The zero-order valence-corrected chi connectivity index (χ0v) is 13.6. The first-order chi connectivity index (χ1) is 10.9. The van der Waals surface area contributed by atoms with E-state index in [1.54, 1.807) is 37.3 Å². The van der Waals surface area contributed by atoms with Gasteiger partial charge >= 0.3 is 0 Å². The summed E-state index contributed by atoms with van der Waals surface area (Å²) in [4.78, 5) is -0.363. The normalized spacial score (nSPS) is 10.9. The van der Waals surface area contributed by atoms with Crippen LogP contribution < -0.4 is 9.04 Å². The Labute approximate surface area is 135 Å². The largest absolute Gasteiger partial charge is 0.481 e. The standard InChI is InChI=1S/C17H16FNO3S/c1-4-11-22-15-8-6-14(7-9-15)19(3)23(20,21)17-10-5-13(2)12-16(17)18/h1,5-10,12H,11H2,2-3H3. The molecule has 120 valence electrons. The molecule has 2 aromatic rings. The quantitative estimate of drug-likeness (QED) is 0.790. The zero-order valence-electron chi connectivity index (χ0n) is 12.8. The van der Waals surface area contributed by atoms with Gasteiger partial charge in [0.2, 0.25) is 0 Å². The number of halogens is 1. The Morgan fingerprint density at radius 2 is 1.87 bits per heavy atom. The van der Waals surface area contributed by atoms with Gasteiger partial charge in [0.25, 0.3) is 10.0 Å². The van der Waals surface area contributed by atoms with Crippen LogP contribution in [-0.4, -0.2) is 22.1 Å². The van der Waals surface area contributed by atoms with Crippen LogP contribution in [0.15, 0.2) is 47.4 Å². The summed E-state index contributed by atoms with van der Waals surface area (Å²) < 4.78 is 45.3. The molecule has 2 rings (SSSR count). The fourth-order valence-electron chi connectivity index (χ4n) is 1.98. The predicted molar refractivity (Wildman–Crippen MR) is 87.5 cm³/mol. The lowest BCUT2D eigenvalue weighted by molar-refractivity contribution is 0.370. The van der Waals surface area contributed by atoms with Gasteiger partial charge in [-0.15, -0.1) is 6.42 Å². The average molecular weight is 333 g/mol. The van der Waals surface area contributed by atoms with Crippen molar-refractivity contribution < 1.29 is 17.5 Å². The second kappa shape index (κ2) is 6.71. The molecular formula is C17H16FNO3S. The van der Waals surface area contributed by atoms with E-state index in [0.29, 0.717) is 17.0 Å². The van der Waals surface area contributed by atoms with Crippen LogP contribution in [0.1, 0.15) is 5.56 Å². The van der Waals surface area contributed by atoms with Crippen molar-refractivity contribution in [2.24, 2.45) is 0 Å². The van der Waals surface area contributed by atoms with Crippen molar-refractivity contribution in [3.05, 3.63) is 53.8 Å². The number of sulfonamides is 1. The number of hydrogen-bond acceptors (Lipinski definition) is 3. The minimum absolute atomic E-state index is 0.127. The molecule has 0 N–H and O–H groups in total. The molecular weight excluding hydrogens is 317 g/mol. The summed E-state index contributed by atoms with van der Waals surface area (Å²) in [5.74, 6) is 2.09. The Bertz CT molecular complexity index is 839. The third kappa shape index (κ3) is 3.63. The van der Waals surface area contributed by atoms with Gasteiger partial charge in [-0.25, -0.2) is 12.8 Å². The van der Waals surface area contributed by atoms with E-state index in [1.165, 1.54) is 19.2 Å². The SMILES string of the molecule is C#CCOc1ccc(N(C)S(=O)(=O)c2ccc(C)cc2F)cc1. The molecule has 0 amide bonds. The molecule has 0 aliphatic carbocycles. The average Bonchev–Trinajstić information content (AvgIpc) is 2.52. The van der Waals surface area contributed by atoms with Gasteiger partial charge in [0, 0.05) is 7.05 Å². The van der Waals surface area contributed by atoms with Crippen LogP contribution in [0, 0.1) is 25.1 Å². The summed E-state index contributed by atoms with van der Waals surface area (Å²) in [6.07, 6.45) is 5.10. The van der Waals surface area contributed by atoms with E-state index in [9.17, 15) is 12.8 Å². The lowest BCUT2D eigenvalue weighted by Gasteiger charge is -2.20. The fourth-order valence-corrected chi connectivity index (χ4v) is 3.22. The van der Waals surface area contributed by atoms with Crippen molar-refractivity contribution in [2.45, 2.75) is 11.8 Å². The van der Waals surface area contributed by atoms with Gasteiger partial charge in [-0.05, 0) is 48.9 Å². The summed E-state index contributed by atoms with van der Waals surface area (Å²) in [6, 6.07) is 10.3. The molecule has 0 aliphatic heterocycles. The van der Waals surface area contributed by atoms with Crippen LogP contribution in [0.4, 0.5) is 10.1 Å². The van der Waals surface area contributed by atoms with Gasteiger partial charge in [0.1, 0.15) is 23.1 Å². The second-order valence-electron chi connectivity index (χ2n) is 4.89. The molecule has 0 aromatic heterocycles. The van der Waals surface area contributed by atoms with Crippen LogP contribution in [0.3, 0.4) is 0 Å². The van der Waals surface area contributed by atoms with Crippen LogP contribution in [0.2, 0.25) is 0 Å². The van der Waals surface area contributed by atoms with Crippen molar-refractivity contribution in [3.63, 3.8) is 0 Å². The third-order valence-corrected chi connectivity index (χ3v) is 5.07. The molecule has 2 aromatic carbocycles. The number of anilines is 1. The van der Waals surface area contributed by atoms with E-state index in [-0.39, 0.29) is 11.5 Å². The molecule has 0 spiro atoms. The third-order valence-electron chi connectivity index (χ3n) is 3.25. The van der Waals surface area contributed by atoms with E-state index < -0.39 is 15.8 Å². The van der Waals surface area contributed by atoms with Crippen molar-refractivity contribution >= 4 is 15.7 Å². The molecule has 4 nitrogen and oxygen atoms in total. The highest BCUT2D eigenvalue weighted by atomic mass is 32.2. The summed E-state index contributed by atoms with van der Waals surface area (Å²) in [5.41, 5.74) is 1.04. The van der Waals surface area contributed by atoms with Crippen LogP contribution in [0.25, 0.3) is 0 Å². The first-order valence-electron chi connectivity index (χ1n) is 6.77. The molecule has 0 bridgehead atoms. The number of hydrogen-bond donors (Lipinski definition) is 0. The summed E-state index contributed by atoms with van der Waals surface area (Å²) in [6.45, 7) is 1.82. The van der Waals surface area contributed by atoms with Crippen molar-refractivity contribution in [3.8, 4) is 18.1 Å². The van der Waals surface area contributed by atoms with Crippen LogP contribution in [-0.2, 0) is 10.0 Å². The maximum absolute atomic E-state index is 14.0. The van der Waals surface area contributed by atoms with E-state index in [1.807, 2.05) is 0 Å². The Morgan fingerprint density at radius 3 is 2.43 bits per heavy atom. The van der Waals surface area contributed by atoms with Gasteiger partial charge < -0.3 is 4.74 Å². The Hall–Kier alpha value is -2.52. The van der Waals surface area contributed by atoms with Crippen molar-refractivity contribution in [1.82, 2.24) is 0 Å². The number of nitrogens with zero attached hydrogens (tertiary/aromatic N) is 1. The number of rotatable bonds is 5. The molecule has 23 heavy (non-hydrogen) atoms. The molecule has 0 radical (unpaired) electrons. The molecule has 6 heteroatoms. The summed E-state index contributed by atoms with van der Waals surface area (Å²) in [7, 11) is -2.62. The number of ether oxygens (including phenoxy) is 1. The summed E-state index contributed by atoms with van der Waals surface area (Å²) >= 11 is 0. The molecule has 0 unspecified atom stereocenters. The first kappa shape index (κ1) is 16.8. The Kier molecular flexibility index (Phi) is 4.92. The van der Waals surface area contributed by atoms with E-state index in [4.69, 9.17) is 11.2 Å². The Balaban J connectivity index is 2.31. The number of benzene rings is 2. The van der Waals surface area contributed by atoms with Crippen LogP contribution >= 0.6 is 0 Å². The molecule has 0 saturated heterocycles. The number of aryl methyl sites for hydroxylation is 1. The van der Waals surface area contributed by atoms with Crippen molar-refractivity contribution in [2.75, 3.05) is 18.0 Å². The minimum Gasteiger partial charge on any atom is -0.481 e. The van der Waals surface area contributed by atoms with Gasteiger partial charge in [0.05, 0.1) is 5.69 Å². The molecule has 0 saturated carbocycles. The van der Waals surface area contributed by atoms with Gasteiger partial charge in [0.15, 0.2) is 0 Å². The van der Waals surface area contributed by atoms with Gasteiger partial charge in [-0.3, -0.25) is 4.31 Å². The van der Waals surface area contributed by atoms with Gasteiger partial charge in [-0.1, -0.05) is 12.0 Å². The van der Waals surface area contributed by atoms with Gasteiger partial charge in [-0.2, -0.15) is 0 Å². The number of terminal acetylenes is 1. The highest BCUT2D eigenvalue weighted by Gasteiger charge is 2.24. The molecule has 0 fully saturated rings. The van der Waals surface area contributed by atoms with Crippen molar-refractivity contribution in [1.29, 1.82) is 0 Å². The van der Waals surface area contributed by atoms with E-state index >= 15 is 0 Å². The van der Waals surface area contributed by atoms with E-state index in [0.717, 1.165) is 4.31 Å². The molecule has 0 aliphatic rings. The zero-order chi connectivity index (χ0) is 17.0. The molecule has 0 atom stereocenters. The smallest absolute Gasteiger partial charge is 0.266 e. The Morgan fingerprint density at radius 1 is 1.22 bits per heavy atom. The van der Waals surface area contributed by atoms with E-state index in [2.05, 4.69) is 5.92 Å². The summed E-state index contributed by atoms with van der Waals surface area (Å²) in [5, 5.41) is 0. The predicted octanol–water partition coefficient (Wildman–Crippen LogP) is 2.97. The highest BCUT2D eigenvalue weighted by Crippen LogP contribution is 2.26. The maximum atomic E-state index is 14.0. The lowest BCUT2D eigenvalue weighted by atomic mass is 10.2. The van der Waals surface area contributed by atoms with Crippen LogP contribution in [0.5, 0.6) is 5.75 Å². The first-order valence-corrected chi connectivity index (χ1v) is 8.21. The fraction of sp³-hybridized carbons (Fsp3) is 0.176. The highest BCUT2D eigenvalue weighted by molar-refractivity contribution is 7.92. The minimum atomic E-state index is -3.98. The monoisotopic (exact) mass is 333 g/mol.